The predicted molar refractivity (Wildman–Crippen MR) is 101 cm³/mol. The van der Waals surface area contributed by atoms with Crippen LogP contribution in [0.25, 0.3) is 0 Å². The number of carbonyl (C=O) groups excluding carboxylic acids is 2. The Morgan fingerprint density at radius 3 is 2.59 bits per heavy atom. The molecule has 1 spiro atoms. The molecular weight excluding hydrogens is 342 g/mol. The normalized spacial score (nSPS) is 28.0. The van der Waals surface area contributed by atoms with Gasteiger partial charge in [-0.3, -0.25) is 14.6 Å². The third kappa shape index (κ3) is 3.72. The number of aromatic nitrogens is 1. The number of ether oxygens (including phenoxy) is 1. The van der Waals surface area contributed by atoms with E-state index in [4.69, 9.17) is 4.74 Å². The van der Waals surface area contributed by atoms with Gasteiger partial charge in [0.15, 0.2) is 0 Å². The van der Waals surface area contributed by atoms with Crippen LogP contribution in [-0.4, -0.2) is 58.4 Å². The molecule has 4 heterocycles. The molecule has 3 saturated heterocycles. The molecule has 3 aliphatic heterocycles. The monoisotopic (exact) mass is 371 g/mol. The van der Waals surface area contributed by atoms with Crippen molar-refractivity contribution in [3.63, 3.8) is 0 Å². The molecule has 1 aromatic heterocycles. The predicted octanol–water partition coefficient (Wildman–Crippen LogP) is 2.38. The van der Waals surface area contributed by atoms with E-state index >= 15 is 0 Å². The molecule has 0 saturated carbocycles. The van der Waals surface area contributed by atoms with Crippen molar-refractivity contribution in [3.05, 3.63) is 30.1 Å². The van der Waals surface area contributed by atoms with Gasteiger partial charge in [-0.25, -0.2) is 0 Å². The number of amides is 2. The highest BCUT2D eigenvalue weighted by Crippen LogP contribution is 2.41. The Balaban J connectivity index is 1.38. The Bertz CT molecular complexity index is 692. The highest BCUT2D eigenvalue weighted by molar-refractivity contribution is 5.85. The molecule has 1 atom stereocenters. The average molecular weight is 371 g/mol. The second-order valence-corrected chi connectivity index (χ2v) is 8.58. The largest absolute Gasteiger partial charge is 0.365 e. The molecule has 3 fully saturated rings. The van der Waals surface area contributed by atoms with E-state index in [1.807, 2.05) is 28.9 Å². The Hall–Kier alpha value is -1.95. The van der Waals surface area contributed by atoms with Crippen molar-refractivity contribution in [2.24, 2.45) is 5.41 Å². The van der Waals surface area contributed by atoms with E-state index in [-0.39, 0.29) is 17.2 Å². The smallest absolute Gasteiger partial charge is 0.254 e. The van der Waals surface area contributed by atoms with E-state index in [2.05, 4.69) is 4.98 Å². The zero-order valence-electron chi connectivity index (χ0n) is 16.2. The van der Waals surface area contributed by atoms with E-state index in [9.17, 15) is 9.59 Å². The van der Waals surface area contributed by atoms with Crippen molar-refractivity contribution in [2.75, 3.05) is 26.2 Å². The maximum absolute atomic E-state index is 12.9. The van der Waals surface area contributed by atoms with Gasteiger partial charge in [0.25, 0.3) is 5.91 Å². The summed E-state index contributed by atoms with van der Waals surface area (Å²) >= 11 is 0. The second-order valence-electron chi connectivity index (χ2n) is 8.58. The van der Waals surface area contributed by atoms with Gasteiger partial charge in [-0.2, -0.15) is 0 Å². The third-order valence-corrected chi connectivity index (χ3v) is 6.65. The first-order chi connectivity index (χ1) is 13.0. The average Bonchev–Trinajstić information content (AvgIpc) is 3.14. The molecule has 3 aliphatic rings. The maximum Gasteiger partial charge on any atom is 0.254 e. The van der Waals surface area contributed by atoms with Crippen LogP contribution >= 0.6 is 0 Å². The summed E-state index contributed by atoms with van der Waals surface area (Å²) in [5.41, 5.74) is 0.643. The number of carbonyl (C=O) groups is 2. The van der Waals surface area contributed by atoms with E-state index < -0.39 is 5.60 Å². The van der Waals surface area contributed by atoms with Crippen LogP contribution in [0.2, 0.25) is 0 Å². The summed E-state index contributed by atoms with van der Waals surface area (Å²) in [4.78, 5) is 33.4. The van der Waals surface area contributed by atoms with Crippen LogP contribution in [0.1, 0.15) is 51.0 Å². The number of piperidine rings is 2. The third-order valence-electron chi connectivity index (χ3n) is 6.65. The second kappa shape index (κ2) is 7.23. The van der Waals surface area contributed by atoms with Crippen molar-refractivity contribution in [1.29, 1.82) is 0 Å². The van der Waals surface area contributed by atoms with Crippen LogP contribution in [0.5, 0.6) is 0 Å². The van der Waals surface area contributed by atoms with Gasteiger partial charge >= 0.3 is 0 Å². The van der Waals surface area contributed by atoms with Gasteiger partial charge in [0, 0.05) is 51.6 Å². The van der Waals surface area contributed by atoms with Gasteiger partial charge in [-0.1, -0.05) is 0 Å². The molecule has 6 heteroatoms. The standard InChI is InChI=1S/C21H29N3O3/c1-20(6-2-14-27-20)19(26)23-12-8-21(9-13-23)7-3-18(25)24(16-21)15-17-4-10-22-11-5-17/h4-5,10-11H,2-3,6-9,12-16H2,1H3/t20-/m0/s1. The molecule has 0 radical (unpaired) electrons. The molecule has 1 aromatic rings. The lowest BCUT2D eigenvalue weighted by Gasteiger charge is -2.48. The molecule has 0 aliphatic carbocycles. The number of pyridine rings is 1. The summed E-state index contributed by atoms with van der Waals surface area (Å²) in [6.07, 6.45) is 8.82. The zero-order chi connectivity index (χ0) is 18.9. The van der Waals surface area contributed by atoms with Gasteiger partial charge < -0.3 is 14.5 Å². The van der Waals surface area contributed by atoms with Crippen LogP contribution in [0, 0.1) is 5.41 Å². The number of likely N-dealkylation sites (tertiary alicyclic amines) is 2. The Kier molecular flexibility index (Phi) is 4.93. The summed E-state index contributed by atoms with van der Waals surface area (Å²) in [6, 6.07) is 3.94. The molecule has 27 heavy (non-hydrogen) atoms. The minimum Gasteiger partial charge on any atom is -0.365 e. The lowest BCUT2D eigenvalue weighted by molar-refractivity contribution is -0.155. The van der Waals surface area contributed by atoms with Gasteiger partial charge in [0.1, 0.15) is 5.60 Å². The fraction of sp³-hybridized carbons (Fsp3) is 0.667. The lowest BCUT2D eigenvalue weighted by Crippen LogP contribution is -2.55. The van der Waals surface area contributed by atoms with Crippen LogP contribution < -0.4 is 0 Å². The highest BCUT2D eigenvalue weighted by atomic mass is 16.5. The van der Waals surface area contributed by atoms with Crippen molar-refractivity contribution in [2.45, 2.75) is 57.6 Å². The van der Waals surface area contributed by atoms with Crippen molar-refractivity contribution < 1.29 is 14.3 Å². The number of nitrogens with zero attached hydrogens (tertiary/aromatic N) is 3. The van der Waals surface area contributed by atoms with Crippen LogP contribution in [-0.2, 0) is 20.9 Å². The molecular formula is C21H29N3O3. The molecule has 0 bridgehead atoms. The fourth-order valence-corrected chi connectivity index (χ4v) is 4.83. The maximum atomic E-state index is 12.9. The number of rotatable bonds is 3. The van der Waals surface area contributed by atoms with E-state index in [0.717, 1.165) is 57.3 Å². The Morgan fingerprint density at radius 1 is 1.19 bits per heavy atom. The van der Waals surface area contributed by atoms with Gasteiger partial charge in [0.05, 0.1) is 0 Å². The molecule has 6 nitrogen and oxygen atoms in total. The van der Waals surface area contributed by atoms with Gasteiger partial charge in [-0.15, -0.1) is 0 Å². The van der Waals surface area contributed by atoms with Crippen LogP contribution in [0.3, 0.4) is 0 Å². The number of hydrogen-bond acceptors (Lipinski definition) is 4. The van der Waals surface area contributed by atoms with Gasteiger partial charge in [-0.05, 0) is 62.1 Å². The lowest BCUT2D eigenvalue weighted by atomic mass is 9.72. The Morgan fingerprint density at radius 2 is 1.93 bits per heavy atom. The molecule has 146 valence electrons. The quantitative estimate of drug-likeness (QED) is 0.818. The van der Waals surface area contributed by atoms with E-state index in [0.29, 0.717) is 19.6 Å². The highest BCUT2D eigenvalue weighted by Gasteiger charge is 2.45. The topological polar surface area (TPSA) is 62.7 Å². The first-order valence-corrected chi connectivity index (χ1v) is 10.1. The molecule has 0 unspecified atom stereocenters. The molecule has 4 rings (SSSR count). The van der Waals surface area contributed by atoms with Crippen molar-refractivity contribution >= 4 is 11.8 Å². The zero-order valence-corrected chi connectivity index (χ0v) is 16.2. The van der Waals surface area contributed by atoms with Crippen molar-refractivity contribution in [3.8, 4) is 0 Å². The minimum absolute atomic E-state index is 0.148. The van der Waals surface area contributed by atoms with Crippen LogP contribution in [0.15, 0.2) is 24.5 Å². The van der Waals surface area contributed by atoms with E-state index in [1.165, 1.54) is 0 Å². The summed E-state index contributed by atoms with van der Waals surface area (Å²) < 4.78 is 5.74. The summed E-state index contributed by atoms with van der Waals surface area (Å²) in [7, 11) is 0. The SMILES string of the molecule is C[C@@]1(C(=O)N2CCC3(CCC(=O)N(Cc4ccncc4)C3)CC2)CCCO1. The summed E-state index contributed by atoms with van der Waals surface area (Å²) in [6.45, 7) is 5.61. The van der Waals surface area contributed by atoms with Crippen molar-refractivity contribution in [1.82, 2.24) is 14.8 Å². The first-order valence-electron chi connectivity index (χ1n) is 10.1. The summed E-state index contributed by atoms with van der Waals surface area (Å²) in [5, 5.41) is 0. The van der Waals surface area contributed by atoms with E-state index in [1.54, 1.807) is 12.4 Å². The molecule has 2 amide bonds. The molecule has 0 aromatic carbocycles. The Labute approximate surface area is 160 Å². The number of hydrogen-bond donors (Lipinski definition) is 0. The minimum atomic E-state index is -0.625. The van der Waals surface area contributed by atoms with Crippen LogP contribution in [0.4, 0.5) is 0 Å². The summed E-state index contributed by atoms with van der Waals surface area (Å²) in [5.74, 6) is 0.387. The fourth-order valence-electron chi connectivity index (χ4n) is 4.83. The van der Waals surface area contributed by atoms with Gasteiger partial charge in [0.2, 0.25) is 5.91 Å². The first kappa shape index (κ1) is 18.4. The molecule has 0 N–H and O–H groups in total.